The van der Waals surface area contributed by atoms with E-state index in [-0.39, 0.29) is 24.6 Å². The van der Waals surface area contributed by atoms with Crippen LogP contribution in [0.25, 0.3) is 0 Å². The molecule has 162 valence electrons. The number of carbonyl (C=O) groups is 1. The molecule has 0 unspecified atom stereocenters. The van der Waals surface area contributed by atoms with Crippen molar-refractivity contribution in [1.29, 1.82) is 0 Å². The number of halogens is 2. The van der Waals surface area contributed by atoms with Gasteiger partial charge >= 0.3 is 0 Å². The van der Waals surface area contributed by atoms with Gasteiger partial charge in [0, 0.05) is 55.5 Å². The van der Waals surface area contributed by atoms with Crippen LogP contribution in [-0.4, -0.2) is 62.8 Å². The lowest BCUT2D eigenvalue weighted by Gasteiger charge is -2.36. The molecule has 3 rings (SSSR count). The van der Waals surface area contributed by atoms with Crippen molar-refractivity contribution in [3.63, 3.8) is 0 Å². The van der Waals surface area contributed by atoms with Gasteiger partial charge in [-0.1, -0.05) is 25.4 Å². The number of sulfonamides is 1. The number of rotatable bonds is 6. The Morgan fingerprint density at radius 2 is 1.63 bits per heavy atom. The van der Waals surface area contributed by atoms with Gasteiger partial charge in [0.15, 0.2) is 0 Å². The van der Waals surface area contributed by atoms with Gasteiger partial charge in [-0.05, 0) is 42.5 Å². The molecule has 2 aromatic rings. The van der Waals surface area contributed by atoms with Gasteiger partial charge in [0.05, 0.1) is 0 Å². The highest BCUT2D eigenvalue weighted by Gasteiger charge is 2.28. The second-order valence-electron chi connectivity index (χ2n) is 6.99. The molecule has 0 aromatic heterocycles. The third kappa shape index (κ3) is 4.61. The van der Waals surface area contributed by atoms with Crippen molar-refractivity contribution in [1.82, 2.24) is 9.21 Å². The molecule has 1 fully saturated rings. The summed E-state index contributed by atoms with van der Waals surface area (Å²) in [6, 6.07) is 11.1. The quantitative estimate of drug-likeness (QED) is 0.672. The Morgan fingerprint density at radius 1 is 1.03 bits per heavy atom. The Balaban J connectivity index is 1.76. The van der Waals surface area contributed by atoms with E-state index in [1.807, 2.05) is 24.3 Å². The van der Waals surface area contributed by atoms with Crippen LogP contribution in [0.1, 0.15) is 24.2 Å². The van der Waals surface area contributed by atoms with E-state index in [0.29, 0.717) is 31.2 Å². The van der Waals surface area contributed by atoms with E-state index in [0.717, 1.165) is 17.8 Å². The minimum Gasteiger partial charge on any atom is -0.368 e. The highest BCUT2D eigenvalue weighted by Crippen LogP contribution is 2.23. The number of nitrogens with zero attached hydrogens (tertiary/aromatic N) is 3. The predicted molar refractivity (Wildman–Crippen MR) is 116 cm³/mol. The number of piperazine rings is 1. The van der Waals surface area contributed by atoms with Gasteiger partial charge in [-0.2, -0.15) is 4.31 Å². The van der Waals surface area contributed by atoms with E-state index in [9.17, 15) is 17.6 Å². The van der Waals surface area contributed by atoms with Crippen LogP contribution in [-0.2, 0) is 10.0 Å². The Labute approximate surface area is 181 Å². The number of amides is 1. The standard InChI is InChI=1S/C21H25ClFN3O3S/c1-3-26(4-2)30(28,29)20-15-16(5-10-19(20)23)21(27)25-13-11-24(12-14-25)18-8-6-17(22)7-9-18/h5-10,15H,3-4,11-14H2,1-2H3. The molecule has 6 nitrogen and oxygen atoms in total. The summed E-state index contributed by atoms with van der Waals surface area (Å²) < 4.78 is 41.0. The van der Waals surface area contributed by atoms with Crippen LogP contribution in [0.2, 0.25) is 5.02 Å². The third-order valence-corrected chi connectivity index (χ3v) is 7.58. The first kappa shape index (κ1) is 22.5. The molecule has 0 N–H and O–H groups in total. The van der Waals surface area contributed by atoms with Crippen LogP contribution in [0.5, 0.6) is 0 Å². The van der Waals surface area contributed by atoms with Crippen molar-refractivity contribution in [2.24, 2.45) is 0 Å². The van der Waals surface area contributed by atoms with Gasteiger partial charge in [0.25, 0.3) is 5.91 Å². The van der Waals surface area contributed by atoms with Crippen molar-refractivity contribution in [3.8, 4) is 0 Å². The number of anilines is 1. The van der Waals surface area contributed by atoms with Crippen molar-refractivity contribution >= 4 is 33.2 Å². The molecule has 1 aliphatic rings. The van der Waals surface area contributed by atoms with E-state index >= 15 is 0 Å². The Kier molecular flexibility index (Phi) is 7.00. The van der Waals surface area contributed by atoms with Gasteiger partial charge in [0.2, 0.25) is 10.0 Å². The maximum Gasteiger partial charge on any atom is 0.254 e. The average molecular weight is 454 g/mol. The molecule has 2 aromatic carbocycles. The van der Waals surface area contributed by atoms with Crippen molar-refractivity contribution in [2.75, 3.05) is 44.2 Å². The minimum absolute atomic E-state index is 0.169. The molecule has 1 amide bonds. The molecule has 1 aliphatic heterocycles. The van der Waals surface area contributed by atoms with Crippen LogP contribution in [0.3, 0.4) is 0 Å². The summed E-state index contributed by atoms with van der Waals surface area (Å²) in [5.41, 5.74) is 1.20. The predicted octanol–water partition coefficient (Wildman–Crippen LogP) is 3.47. The molecule has 1 saturated heterocycles. The van der Waals surface area contributed by atoms with Crippen LogP contribution in [0.15, 0.2) is 47.4 Å². The highest BCUT2D eigenvalue weighted by molar-refractivity contribution is 7.89. The molecule has 0 bridgehead atoms. The zero-order chi connectivity index (χ0) is 21.9. The fourth-order valence-electron chi connectivity index (χ4n) is 3.54. The van der Waals surface area contributed by atoms with E-state index in [1.54, 1.807) is 18.7 Å². The second-order valence-corrected chi connectivity index (χ2v) is 9.33. The monoisotopic (exact) mass is 453 g/mol. The first-order chi connectivity index (χ1) is 14.3. The summed E-state index contributed by atoms with van der Waals surface area (Å²) in [4.78, 5) is 16.3. The van der Waals surface area contributed by atoms with Gasteiger partial charge in [0.1, 0.15) is 10.7 Å². The van der Waals surface area contributed by atoms with Crippen LogP contribution in [0, 0.1) is 5.82 Å². The van der Waals surface area contributed by atoms with Crippen LogP contribution in [0.4, 0.5) is 10.1 Å². The lowest BCUT2D eigenvalue weighted by atomic mass is 10.1. The fraction of sp³-hybridized carbons (Fsp3) is 0.381. The van der Waals surface area contributed by atoms with Gasteiger partial charge in [-0.3, -0.25) is 4.79 Å². The molecule has 0 radical (unpaired) electrons. The smallest absolute Gasteiger partial charge is 0.254 e. The summed E-state index contributed by atoms with van der Waals surface area (Å²) >= 11 is 5.93. The SMILES string of the molecule is CCN(CC)S(=O)(=O)c1cc(C(=O)N2CCN(c3ccc(Cl)cc3)CC2)ccc1F. The van der Waals surface area contributed by atoms with Gasteiger partial charge in [-0.15, -0.1) is 0 Å². The molecular formula is C21H25ClFN3O3S. The third-order valence-electron chi connectivity index (χ3n) is 5.26. The van der Waals surface area contributed by atoms with E-state index in [2.05, 4.69) is 4.90 Å². The molecule has 0 saturated carbocycles. The largest absolute Gasteiger partial charge is 0.368 e. The fourth-order valence-corrected chi connectivity index (χ4v) is 5.21. The number of hydrogen-bond donors (Lipinski definition) is 0. The number of benzene rings is 2. The first-order valence-electron chi connectivity index (χ1n) is 9.87. The van der Waals surface area contributed by atoms with E-state index in [4.69, 9.17) is 11.6 Å². The van der Waals surface area contributed by atoms with Crippen molar-refractivity contribution < 1.29 is 17.6 Å². The summed E-state index contributed by atoms with van der Waals surface area (Å²) in [5, 5.41) is 0.666. The van der Waals surface area contributed by atoms with Crippen molar-refractivity contribution in [3.05, 3.63) is 58.9 Å². The average Bonchev–Trinajstić information content (AvgIpc) is 2.75. The molecule has 1 heterocycles. The summed E-state index contributed by atoms with van der Waals surface area (Å²) in [6.45, 7) is 6.07. The van der Waals surface area contributed by atoms with Gasteiger partial charge in [-0.25, -0.2) is 12.8 Å². The van der Waals surface area contributed by atoms with E-state index in [1.165, 1.54) is 10.4 Å². The Morgan fingerprint density at radius 3 is 2.20 bits per heavy atom. The Hall–Kier alpha value is -2.16. The van der Waals surface area contributed by atoms with Crippen molar-refractivity contribution in [2.45, 2.75) is 18.7 Å². The zero-order valence-electron chi connectivity index (χ0n) is 17.0. The zero-order valence-corrected chi connectivity index (χ0v) is 18.6. The molecule has 0 aliphatic carbocycles. The maximum atomic E-state index is 14.3. The summed E-state index contributed by atoms with van der Waals surface area (Å²) in [7, 11) is -4.00. The topological polar surface area (TPSA) is 60.9 Å². The maximum absolute atomic E-state index is 14.3. The van der Waals surface area contributed by atoms with Gasteiger partial charge < -0.3 is 9.80 Å². The minimum atomic E-state index is -4.00. The highest BCUT2D eigenvalue weighted by atomic mass is 35.5. The number of carbonyl (C=O) groups excluding carboxylic acids is 1. The molecule has 30 heavy (non-hydrogen) atoms. The summed E-state index contributed by atoms with van der Waals surface area (Å²) in [6.07, 6.45) is 0. The lowest BCUT2D eigenvalue weighted by molar-refractivity contribution is 0.0746. The normalized spacial score (nSPS) is 15.0. The molecular weight excluding hydrogens is 429 g/mol. The van der Waals surface area contributed by atoms with Crippen LogP contribution >= 0.6 is 11.6 Å². The van der Waals surface area contributed by atoms with Crippen LogP contribution < -0.4 is 4.90 Å². The first-order valence-corrected chi connectivity index (χ1v) is 11.7. The summed E-state index contributed by atoms with van der Waals surface area (Å²) in [5.74, 6) is -1.16. The second kappa shape index (κ2) is 9.32. The lowest BCUT2D eigenvalue weighted by Crippen LogP contribution is -2.48. The molecule has 0 spiro atoms. The number of hydrogen-bond acceptors (Lipinski definition) is 4. The van der Waals surface area contributed by atoms with E-state index < -0.39 is 20.7 Å². The molecule has 0 atom stereocenters. The molecule has 9 heteroatoms. The Bertz CT molecular complexity index is 1000.